The van der Waals surface area contributed by atoms with Crippen molar-refractivity contribution >= 4 is 28.8 Å². The zero-order chi connectivity index (χ0) is 12.8. The number of carbonyl (C=O) groups excluding carboxylic acids is 1. The molecule has 1 aromatic heterocycles. The third kappa shape index (κ3) is 4.29. The Balaban J connectivity index is 2.75. The molecule has 1 heterocycles. The predicted octanol–water partition coefficient (Wildman–Crippen LogP) is 2.20. The lowest BCUT2D eigenvalue weighted by atomic mass is 10.2. The molecule has 0 aliphatic rings. The van der Waals surface area contributed by atoms with Crippen LogP contribution in [0, 0.1) is 17.2 Å². The summed E-state index contributed by atoms with van der Waals surface area (Å²) >= 11 is 6.69. The maximum absolute atomic E-state index is 12.1. The van der Waals surface area contributed by atoms with Crippen LogP contribution in [0.4, 0.5) is 0 Å². The topological polar surface area (TPSA) is 69.9 Å². The second-order valence-corrected chi connectivity index (χ2v) is 5.47. The van der Waals surface area contributed by atoms with E-state index in [0.717, 1.165) is 11.3 Å². The van der Waals surface area contributed by atoms with Gasteiger partial charge in [0.25, 0.3) is 5.91 Å². The molecule has 1 aromatic rings. The van der Waals surface area contributed by atoms with Gasteiger partial charge in [0.05, 0.1) is 12.5 Å². The molecule has 0 saturated heterocycles. The van der Waals surface area contributed by atoms with Crippen molar-refractivity contribution in [3.63, 3.8) is 0 Å². The molecule has 1 rings (SSSR count). The quantitative estimate of drug-likeness (QED) is 0.824. The van der Waals surface area contributed by atoms with Gasteiger partial charge in [-0.05, 0) is 17.5 Å². The molecule has 0 aliphatic heterocycles. The summed E-state index contributed by atoms with van der Waals surface area (Å²) in [7, 11) is 0. The standard InChI is InChI=1S/C10H13ClN4OS/c1-7(2)6-15(5-3-4-12)9(16)8-13-14-10(11)17-8/h7H,3,5-6H2,1-2H3. The first-order chi connectivity index (χ1) is 8.04. The number of nitriles is 1. The molecule has 7 heteroatoms. The molecule has 0 unspecified atom stereocenters. The summed E-state index contributed by atoms with van der Waals surface area (Å²) in [6, 6.07) is 2.03. The molecule has 17 heavy (non-hydrogen) atoms. The van der Waals surface area contributed by atoms with E-state index in [9.17, 15) is 4.79 Å². The third-order valence-electron chi connectivity index (χ3n) is 1.95. The van der Waals surface area contributed by atoms with Crippen LogP contribution in [0.3, 0.4) is 0 Å². The fourth-order valence-corrected chi connectivity index (χ4v) is 2.12. The predicted molar refractivity (Wildman–Crippen MR) is 65.9 cm³/mol. The van der Waals surface area contributed by atoms with E-state index in [1.165, 1.54) is 0 Å². The number of halogens is 1. The second-order valence-electron chi connectivity index (χ2n) is 3.91. The van der Waals surface area contributed by atoms with Crippen LogP contribution < -0.4 is 0 Å². The van der Waals surface area contributed by atoms with Crippen molar-refractivity contribution in [3.05, 3.63) is 9.47 Å². The molecule has 0 fully saturated rings. The molecule has 0 atom stereocenters. The molecule has 0 saturated carbocycles. The summed E-state index contributed by atoms with van der Waals surface area (Å²) in [5.74, 6) is 0.124. The molecule has 5 nitrogen and oxygen atoms in total. The average Bonchev–Trinajstić information content (AvgIpc) is 2.69. The zero-order valence-corrected chi connectivity index (χ0v) is 11.3. The van der Waals surface area contributed by atoms with Gasteiger partial charge in [-0.15, -0.1) is 10.2 Å². The smallest absolute Gasteiger partial charge is 0.284 e. The number of nitrogens with zero attached hydrogens (tertiary/aromatic N) is 4. The van der Waals surface area contributed by atoms with Gasteiger partial charge in [0, 0.05) is 13.1 Å². The highest BCUT2D eigenvalue weighted by Crippen LogP contribution is 2.17. The van der Waals surface area contributed by atoms with Gasteiger partial charge < -0.3 is 4.90 Å². The van der Waals surface area contributed by atoms with Crippen molar-refractivity contribution in [1.29, 1.82) is 5.26 Å². The summed E-state index contributed by atoms with van der Waals surface area (Å²) in [6.07, 6.45) is 0.311. The van der Waals surface area contributed by atoms with Crippen molar-refractivity contribution in [2.24, 2.45) is 5.92 Å². The molecule has 0 bridgehead atoms. The summed E-state index contributed by atoms with van der Waals surface area (Å²) < 4.78 is 0.248. The van der Waals surface area contributed by atoms with Crippen LogP contribution in [0.1, 0.15) is 30.1 Å². The van der Waals surface area contributed by atoms with E-state index in [-0.39, 0.29) is 15.4 Å². The minimum Gasteiger partial charge on any atom is -0.335 e. The lowest BCUT2D eigenvalue weighted by molar-refractivity contribution is 0.0738. The zero-order valence-electron chi connectivity index (χ0n) is 9.68. The first kappa shape index (κ1) is 13.9. The molecular weight excluding hydrogens is 260 g/mol. The number of amides is 1. The summed E-state index contributed by atoms with van der Waals surface area (Å²) in [6.45, 7) is 5.03. The van der Waals surface area contributed by atoms with Gasteiger partial charge in [0.1, 0.15) is 0 Å². The molecule has 0 aromatic carbocycles. The number of hydrogen-bond acceptors (Lipinski definition) is 5. The van der Waals surface area contributed by atoms with E-state index in [0.29, 0.717) is 25.4 Å². The molecular formula is C10H13ClN4OS. The third-order valence-corrected chi connectivity index (χ3v) is 2.96. The lowest BCUT2D eigenvalue weighted by Gasteiger charge is -2.22. The van der Waals surface area contributed by atoms with Crippen molar-refractivity contribution in [1.82, 2.24) is 15.1 Å². The Labute approximate surface area is 109 Å². The van der Waals surface area contributed by atoms with Crippen LogP contribution in [0.25, 0.3) is 0 Å². The molecule has 0 radical (unpaired) electrons. The average molecular weight is 273 g/mol. The summed E-state index contributed by atoms with van der Waals surface area (Å²) in [4.78, 5) is 13.7. The van der Waals surface area contributed by atoms with Gasteiger partial charge in [-0.2, -0.15) is 5.26 Å². The second kappa shape index (κ2) is 6.52. The van der Waals surface area contributed by atoms with Gasteiger partial charge in [0.2, 0.25) is 9.47 Å². The highest BCUT2D eigenvalue weighted by Gasteiger charge is 2.20. The van der Waals surface area contributed by atoms with Crippen LogP contribution in [0.15, 0.2) is 0 Å². The van der Waals surface area contributed by atoms with Crippen LogP contribution >= 0.6 is 22.9 Å². The first-order valence-corrected chi connectivity index (χ1v) is 6.39. The minimum absolute atomic E-state index is 0.210. The van der Waals surface area contributed by atoms with Gasteiger partial charge in [-0.3, -0.25) is 4.79 Å². The number of rotatable bonds is 5. The fraction of sp³-hybridized carbons (Fsp3) is 0.600. The van der Waals surface area contributed by atoms with Gasteiger partial charge in [-0.25, -0.2) is 0 Å². The van der Waals surface area contributed by atoms with Crippen molar-refractivity contribution in [2.75, 3.05) is 13.1 Å². The van der Waals surface area contributed by atoms with Crippen LogP contribution in [0.2, 0.25) is 4.47 Å². The Morgan fingerprint density at radius 2 is 2.29 bits per heavy atom. The van der Waals surface area contributed by atoms with Gasteiger partial charge in [0.15, 0.2) is 0 Å². The monoisotopic (exact) mass is 272 g/mol. The number of aromatic nitrogens is 2. The normalized spacial score (nSPS) is 10.3. The molecule has 1 amide bonds. The fourth-order valence-electron chi connectivity index (χ4n) is 1.33. The van der Waals surface area contributed by atoms with E-state index in [4.69, 9.17) is 16.9 Å². The van der Waals surface area contributed by atoms with Crippen molar-refractivity contribution in [2.45, 2.75) is 20.3 Å². The Kier molecular flexibility index (Phi) is 5.32. The van der Waals surface area contributed by atoms with E-state index < -0.39 is 0 Å². The van der Waals surface area contributed by atoms with Crippen molar-refractivity contribution in [3.8, 4) is 6.07 Å². The summed E-state index contributed by atoms with van der Waals surface area (Å²) in [5.41, 5.74) is 0. The summed E-state index contributed by atoms with van der Waals surface area (Å²) in [5, 5.41) is 16.2. The first-order valence-electron chi connectivity index (χ1n) is 5.19. The highest BCUT2D eigenvalue weighted by molar-refractivity contribution is 7.17. The highest BCUT2D eigenvalue weighted by atomic mass is 35.5. The Morgan fingerprint density at radius 1 is 1.59 bits per heavy atom. The molecule has 0 spiro atoms. The maximum Gasteiger partial charge on any atom is 0.284 e. The maximum atomic E-state index is 12.1. The van der Waals surface area contributed by atoms with E-state index in [1.54, 1.807) is 4.90 Å². The van der Waals surface area contributed by atoms with Crippen LogP contribution in [-0.4, -0.2) is 34.1 Å². The molecule has 0 aliphatic carbocycles. The number of carbonyl (C=O) groups is 1. The Morgan fingerprint density at radius 3 is 2.76 bits per heavy atom. The molecule has 0 N–H and O–H groups in total. The van der Waals surface area contributed by atoms with Crippen LogP contribution in [0.5, 0.6) is 0 Å². The Bertz CT molecular complexity index is 426. The van der Waals surface area contributed by atoms with Crippen LogP contribution in [-0.2, 0) is 0 Å². The van der Waals surface area contributed by atoms with E-state index >= 15 is 0 Å². The lowest BCUT2D eigenvalue weighted by Crippen LogP contribution is -2.35. The van der Waals surface area contributed by atoms with Gasteiger partial charge in [-0.1, -0.05) is 25.2 Å². The van der Waals surface area contributed by atoms with Gasteiger partial charge >= 0.3 is 0 Å². The van der Waals surface area contributed by atoms with E-state index in [1.807, 2.05) is 19.9 Å². The minimum atomic E-state index is -0.210. The molecule has 92 valence electrons. The van der Waals surface area contributed by atoms with Crippen molar-refractivity contribution < 1.29 is 4.79 Å². The SMILES string of the molecule is CC(C)CN(CCC#N)C(=O)c1nnc(Cl)s1. The van der Waals surface area contributed by atoms with E-state index in [2.05, 4.69) is 10.2 Å². The largest absolute Gasteiger partial charge is 0.335 e. The Hall–Kier alpha value is -1.19. The number of hydrogen-bond donors (Lipinski definition) is 0.